The van der Waals surface area contributed by atoms with Crippen LogP contribution in [0.5, 0.6) is 0 Å². The topological polar surface area (TPSA) is 59.0 Å². The van der Waals surface area contributed by atoms with Gasteiger partial charge in [-0.3, -0.25) is 0 Å². The van der Waals surface area contributed by atoms with Gasteiger partial charge < -0.3 is 27.5 Å². The van der Waals surface area contributed by atoms with Gasteiger partial charge in [0.2, 0.25) is 0 Å². The van der Waals surface area contributed by atoms with Crippen LogP contribution in [0.2, 0.25) is 0 Å². The SMILES string of the molecule is [2H]c1c([2H])c([2H])c2c(oc3c([2H])c([2H])c([2H])c(-c4cc(C(C)(C)C)cc(-c5cccc6oc7ccccc7c56)c4N4c5ccc(-c6cc(-c7ccccc7)cc(-c7ccccc7)c6)cc5B5c6ccc(-c7cc(-c8ccccc8)cc(-c8ccccc8)c7)cc6N(c6c(-c7cccc8oc9ccccc9c78)cc(C(C)(C)C)cc6-c6cccc7oc8ccccc8c67)c6cc(-c7cc(C(C)(C)C)cc(C(C)(C)C)c7)cc4c65)c32)c1[2H]. The van der Waals surface area contributed by atoms with Crippen molar-refractivity contribution >= 4 is 145 Å². The van der Waals surface area contributed by atoms with Crippen LogP contribution in [0.3, 0.4) is 0 Å². The quantitative estimate of drug-likeness (QED) is 0.107. The summed E-state index contributed by atoms with van der Waals surface area (Å²) in [4.78, 5) is 5.11. The second-order valence-electron chi connectivity index (χ2n) is 42.9. The van der Waals surface area contributed by atoms with Crippen molar-refractivity contribution in [2.45, 2.75) is 105 Å². The van der Waals surface area contributed by atoms with Crippen LogP contribution in [-0.2, 0) is 21.7 Å². The van der Waals surface area contributed by atoms with E-state index >= 15 is 0 Å². The van der Waals surface area contributed by atoms with Crippen molar-refractivity contribution in [3.8, 4) is 122 Å². The lowest BCUT2D eigenvalue weighted by atomic mass is 9.33. The molecule has 0 saturated carbocycles. The maximum atomic E-state index is 11.2. The first-order valence-electron chi connectivity index (χ1n) is 53.1. The van der Waals surface area contributed by atoms with E-state index in [2.05, 4.69) is 433 Å². The van der Waals surface area contributed by atoms with E-state index in [-0.39, 0.29) is 44.4 Å². The highest BCUT2D eigenvalue weighted by atomic mass is 16.3. The number of benzene rings is 20. The van der Waals surface area contributed by atoms with Crippen molar-refractivity contribution < 1.29 is 27.3 Å². The molecule has 0 spiro atoms. The van der Waals surface area contributed by atoms with Crippen LogP contribution in [-0.4, -0.2) is 6.71 Å². The molecular weight excluding hydrogens is 1740 g/mol. The molecule has 0 radical (unpaired) electrons. The highest BCUT2D eigenvalue weighted by molar-refractivity contribution is 7.00. The summed E-state index contributed by atoms with van der Waals surface area (Å²) >= 11 is 0. The summed E-state index contributed by atoms with van der Waals surface area (Å²) in [6, 6.07) is 134. The van der Waals surface area contributed by atoms with Gasteiger partial charge in [0.1, 0.15) is 44.7 Å². The third-order valence-corrected chi connectivity index (χ3v) is 29.7. The summed E-state index contributed by atoms with van der Waals surface area (Å²) in [5, 5.41) is 5.63. The Kier molecular flexibility index (Phi) is 18.2. The molecular formula is C136H105BN2O4. The van der Waals surface area contributed by atoms with Crippen molar-refractivity contribution in [1.82, 2.24) is 0 Å². The first kappa shape index (κ1) is 79.1. The van der Waals surface area contributed by atoms with Gasteiger partial charge in [-0.1, -0.05) is 368 Å². The normalized spacial score (nSPS) is 13.5. The van der Waals surface area contributed by atoms with Crippen molar-refractivity contribution in [3.63, 3.8) is 0 Å². The first-order valence-corrected chi connectivity index (χ1v) is 49.6. The first-order chi connectivity index (χ1) is 72.3. The molecule has 0 saturated heterocycles. The molecule has 2 aliphatic heterocycles. The summed E-state index contributed by atoms with van der Waals surface area (Å²) < 4.78 is 99.1. The van der Waals surface area contributed by atoms with Gasteiger partial charge in [0.15, 0.2) is 0 Å². The summed E-state index contributed by atoms with van der Waals surface area (Å²) in [5.41, 5.74) is 33.8. The number of fused-ring (bicyclic) bond motifs is 16. The van der Waals surface area contributed by atoms with E-state index in [1.807, 2.05) is 36.4 Å². The molecule has 24 aromatic rings. The highest BCUT2D eigenvalue weighted by Crippen LogP contribution is 2.60. The highest BCUT2D eigenvalue weighted by Gasteiger charge is 2.47. The molecule has 0 N–H and O–H groups in total. The maximum Gasteiger partial charge on any atom is 0.252 e. The molecule has 686 valence electrons. The molecule has 0 bridgehead atoms. The number of rotatable bonds is 13. The van der Waals surface area contributed by atoms with E-state index in [4.69, 9.17) is 17.7 Å². The Morgan fingerprint density at radius 3 is 0.951 bits per heavy atom. The Morgan fingerprint density at radius 1 is 0.203 bits per heavy atom. The fraction of sp³-hybridized carbons (Fsp3) is 0.118. The van der Waals surface area contributed by atoms with Crippen LogP contribution >= 0.6 is 0 Å². The smallest absolute Gasteiger partial charge is 0.252 e. The van der Waals surface area contributed by atoms with Crippen molar-refractivity contribution in [1.29, 1.82) is 0 Å². The Hall–Kier alpha value is -16.7. The molecule has 0 unspecified atom stereocenters. The Balaban J connectivity index is 0.909. The Labute approximate surface area is 844 Å². The molecule has 0 atom stereocenters. The van der Waals surface area contributed by atoms with Crippen LogP contribution in [0.4, 0.5) is 34.1 Å². The van der Waals surface area contributed by atoms with Gasteiger partial charge in [-0.2, -0.15) is 0 Å². The zero-order valence-electron chi connectivity index (χ0n) is 88.9. The molecule has 143 heavy (non-hydrogen) atoms. The summed E-state index contributed by atoms with van der Waals surface area (Å²) in [6.07, 6.45) is 0. The lowest BCUT2D eigenvalue weighted by Crippen LogP contribution is -2.61. The van der Waals surface area contributed by atoms with Gasteiger partial charge in [0.05, 0.1) is 21.0 Å². The monoisotopic (exact) mass is 1850 g/mol. The van der Waals surface area contributed by atoms with Crippen LogP contribution < -0.4 is 26.2 Å². The third kappa shape index (κ3) is 14.6. The maximum absolute atomic E-state index is 11.2. The zero-order chi connectivity index (χ0) is 103. The molecule has 26 rings (SSSR count). The molecule has 0 fully saturated rings. The van der Waals surface area contributed by atoms with E-state index in [1.165, 1.54) is 0 Å². The van der Waals surface area contributed by atoms with Crippen LogP contribution in [0.15, 0.2) is 436 Å². The van der Waals surface area contributed by atoms with E-state index in [1.54, 1.807) is 0 Å². The predicted octanol–water partition coefficient (Wildman–Crippen LogP) is 36.9. The van der Waals surface area contributed by atoms with E-state index in [9.17, 15) is 9.60 Å². The predicted molar refractivity (Wildman–Crippen MR) is 604 cm³/mol. The Bertz CT molecular complexity index is 9510. The number of anilines is 6. The average molecular weight is 1850 g/mol. The second kappa shape index (κ2) is 33.0. The second-order valence-corrected chi connectivity index (χ2v) is 42.9. The molecule has 6 nitrogen and oxygen atoms in total. The zero-order valence-corrected chi connectivity index (χ0v) is 81.9. The minimum atomic E-state index is -0.696. The van der Waals surface area contributed by atoms with E-state index < -0.39 is 53.8 Å². The lowest BCUT2D eigenvalue weighted by molar-refractivity contribution is 0.569. The van der Waals surface area contributed by atoms with E-state index in [0.717, 1.165) is 227 Å². The summed E-state index contributed by atoms with van der Waals surface area (Å²) in [7, 11) is 0. The van der Waals surface area contributed by atoms with Gasteiger partial charge in [-0.25, -0.2) is 0 Å². The molecule has 2 aliphatic rings. The fourth-order valence-corrected chi connectivity index (χ4v) is 22.4. The van der Waals surface area contributed by atoms with Gasteiger partial charge >= 0.3 is 0 Å². The standard InChI is InChI=1S/C136H105BN2O4/c1-133(2,3)96-71-94(72-97(77-96)134(4,5)6)95-75-116-130-117(76-95)139(132-110(102-51-35-59-124-128(102)106-47-27-31-55-120(106)142-124)80-99(136(10,11)12)81-111(132)103-52-36-60-125-129(103)107-48-28-32-56-121(107)143-125)115-74-87(93-69-90(84-41-21-15-22-42-84)66-91(70-93)85-43-23-16-24-44-85)61-63-112(115)137(130)113-73-86(92-67-88(82-37-17-13-18-38-82)65-89(68-92)83-39-19-14-20-40-83)62-64-114(113)138(116)131-108(100-49-33-57-122-126(100)104-45-25-29-53-118(104)140-122)78-98(135(7,8)9)79-109(131)101-50-34-58-123-127(101)105-46-26-30-54-119(105)141-123/h13-81H,1-12H3/i25D,29D,33D,45D,49D,53D,57D. The Morgan fingerprint density at radius 2 is 0.524 bits per heavy atom. The molecule has 4 aromatic heterocycles. The molecule has 0 aliphatic carbocycles. The molecule has 6 heterocycles. The van der Waals surface area contributed by atoms with Gasteiger partial charge in [-0.15, -0.1) is 0 Å². The van der Waals surface area contributed by atoms with Gasteiger partial charge in [-0.05, 0) is 294 Å². The average Bonchev–Trinajstić information content (AvgIpc) is 0.816. The molecule has 20 aromatic carbocycles. The molecule has 0 amide bonds. The summed E-state index contributed by atoms with van der Waals surface area (Å²) in [6.45, 7) is 26.6. The minimum absolute atomic E-state index is 0.00860. The van der Waals surface area contributed by atoms with Crippen molar-refractivity contribution in [3.05, 3.63) is 441 Å². The van der Waals surface area contributed by atoms with Crippen molar-refractivity contribution in [2.24, 2.45) is 0 Å². The van der Waals surface area contributed by atoms with Crippen molar-refractivity contribution in [2.75, 3.05) is 9.80 Å². The summed E-state index contributed by atoms with van der Waals surface area (Å²) in [5.74, 6) is 0. The third-order valence-electron chi connectivity index (χ3n) is 29.7. The number of nitrogens with zero attached hydrogens (tertiary/aromatic N) is 2. The number of para-hydroxylation sites is 4. The van der Waals surface area contributed by atoms with E-state index in [0.29, 0.717) is 28.0 Å². The largest absolute Gasteiger partial charge is 0.456 e. The van der Waals surface area contributed by atoms with Gasteiger partial charge in [0, 0.05) is 88.1 Å². The molecule has 7 heteroatoms. The van der Waals surface area contributed by atoms with Gasteiger partial charge in [0.25, 0.3) is 6.71 Å². The fourth-order valence-electron chi connectivity index (χ4n) is 22.4. The van der Waals surface area contributed by atoms with Crippen LogP contribution in [0, 0.1) is 0 Å². The number of furan rings is 4. The minimum Gasteiger partial charge on any atom is -0.456 e. The number of hydrogen-bond acceptors (Lipinski definition) is 6. The lowest BCUT2D eigenvalue weighted by Gasteiger charge is -2.46. The number of hydrogen-bond donors (Lipinski definition) is 0. The van der Waals surface area contributed by atoms with Crippen LogP contribution in [0.1, 0.15) is 115 Å². The van der Waals surface area contributed by atoms with Crippen LogP contribution in [0.25, 0.3) is 210 Å².